The van der Waals surface area contributed by atoms with Gasteiger partial charge in [-0.25, -0.2) is 4.79 Å². The van der Waals surface area contributed by atoms with E-state index in [1.165, 1.54) is 0 Å². The number of rotatable bonds is 12. The Balaban J connectivity index is 2.92. The molecule has 1 saturated heterocycles. The zero-order chi connectivity index (χ0) is 23.7. The average Bonchev–Trinajstić information content (AvgIpc) is 3.22. The highest BCUT2D eigenvalue weighted by molar-refractivity contribution is 5.96. The number of primary amides is 1. The molecule has 0 aromatic rings. The van der Waals surface area contributed by atoms with E-state index in [0.717, 1.165) is 13.0 Å². The number of hydrogen-bond donors (Lipinski definition) is 6. The third kappa shape index (κ3) is 8.16. The van der Waals surface area contributed by atoms with Gasteiger partial charge < -0.3 is 32.1 Å². The summed E-state index contributed by atoms with van der Waals surface area (Å²) in [5, 5.41) is 19.9. The number of hydrogen-bond acceptors (Lipinski definition) is 6. The molecule has 1 rings (SSSR count). The second kappa shape index (κ2) is 12.2. The van der Waals surface area contributed by atoms with E-state index in [1.807, 2.05) is 0 Å². The van der Waals surface area contributed by atoms with Gasteiger partial charge in [0.05, 0.1) is 12.5 Å². The molecule has 1 heterocycles. The molecule has 1 aliphatic heterocycles. The van der Waals surface area contributed by atoms with Crippen LogP contribution in [0.4, 0.5) is 0 Å². The quantitative estimate of drug-likeness (QED) is 0.221. The molecule has 5 atom stereocenters. The van der Waals surface area contributed by atoms with Crippen molar-refractivity contribution in [3.8, 4) is 0 Å². The summed E-state index contributed by atoms with van der Waals surface area (Å²) in [5.74, 6) is -4.52. The smallest absolute Gasteiger partial charge is 0.326 e. The van der Waals surface area contributed by atoms with E-state index in [1.54, 1.807) is 27.7 Å². The number of carbonyl (C=O) groups excluding carboxylic acids is 4. The Bertz CT molecular complexity index is 677. The summed E-state index contributed by atoms with van der Waals surface area (Å²) < 4.78 is 0. The number of nitrogens with one attached hydrogen (secondary N) is 4. The van der Waals surface area contributed by atoms with Crippen molar-refractivity contribution in [2.24, 2.45) is 17.6 Å². The first-order chi connectivity index (χ1) is 14.5. The molecule has 31 heavy (non-hydrogen) atoms. The highest BCUT2D eigenvalue weighted by Crippen LogP contribution is 2.10. The SMILES string of the molecule is CCC(C)C(NC(=O)C(CC(N)=O)NC(=O)C(NC(=O)C1CCCN1)C(C)C)C(=O)O. The topological polar surface area (TPSA) is 180 Å². The summed E-state index contributed by atoms with van der Waals surface area (Å²) in [6.07, 6.45) is 1.52. The van der Waals surface area contributed by atoms with Crippen LogP contribution in [0.5, 0.6) is 0 Å². The Kier molecular flexibility index (Phi) is 10.4. The first kappa shape index (κ1) is 26.3. The van der Waals surface area contributed by atoms with Gasteiger partial charge in [0.15, 0.2) is 0 Å². The molecule has 0 saturated carbocycles. The molecule has 0 aromatic heterocycles. The highest BCUT2D eigenvalue weighted by Gasteiger charge is 2.34. The second-order valence-electron chi connectivity index (χ2n) is 8.32. The molecule has 1 fully saturated rings. The van der Waals surface area contributed by atoms with Gasteiger partial charge in [-0.05, 0) is 31.2 Å². The normalized spacial score (nSPS) is 19.7. The fourth-order valence-corrected chi connectivity index (χ4v) is 3.31. The lowest BCUT2D eigenvalue weighted by Gasteiger charge is -2.27. The largest absolute Gasteiger partial charge is 0.480 e. The van der Waals surface area contributed by atoms with Crippen molar-refractivity contribution in [1.29, 1.82) is 0 Å². The van der Waals surface area contributed by atoms with Crippen LogP contribution < -0.4 is 27.0 Å². The summed E-state index contributed by atoms with van der Waals surface area (Å²) in [7, 11) is 0. The van der Waals surface area contributed by atoms with Crippen molar-refractivity contribution in [2.75, 3.05) is 6.54 Å². The summed E-state index contributed by atoms with van der Waals surface area (Å²) in [5.41, 5.74) is 5.22. The molecule has 0 aromatic carbocycles. The molecule has 0 radical (unpaired) electrons. The predicted octanol–water partition coefficient (Wildman–Crippen LogP) is -1.15. The molecule has 1 aliphatic rings. The lowest BCUT2D eigenvalue weighted by molar-refractivity contribution is -0.144. The minimum Gasteiger partial charge on any atom is -0.480 e. The van der Waals surface area contributed by atoms with Gasteiger partial charge in [0.25, 0.3) is 0 Å². The van der Waals surface area contributed by atoms with Crippen LogP contribution in [0.2, 0.25) is 0 Å². The van der Waals surface area contributed by atoms with Crippen LogP contribution in [0, 0.1) is 11.8 Å². The lowest BCUT2D eigenvalue weighted by atomic mass is 9.98. The van der Waals surface area contributed by atoms with E-state index in [0.29, 0.717) is 12.8 Å². The number of amides is 4. The molecule has 0 aliphatic carbocycles. The van der Waals surface area contributed by atoms with Crippen LogP contribution in [-0.2, 0) is 24.0 Å². The zero-order valence-corrected chi connectivity index (χ0v) is 18.6. The van der Waals surface area contributed by atoms with Gasteiger partial charge in [-0.3, -0.25) is 19.2 Å². The Morgan fingerprint density at radius 2 is 1.68 bits per heavy atom. The Hall–Kier alpha value is -2.69. The monoisotopic (exact) mass is 441 g/mol. The van der Waals surface area contributed by atoms with Crippen LogP contribution in [0.15, 0.2) is 0 Å². The van der Waals surface area contributed by atoms with Crippen LogP contribution >= 0.6 is 0 Å². The molecule has 7 N–H and O–H groups in total. The summed E-state index contributed by atoms with van der Waals surface area (Å²) in [4.78, 5) is 60.9. The number of carboxylic acids is 1. The highest BCUT2D eigenvalue weighted by atomic mass is 16.4. The third-order valence-corrected chi connectivity index (χ3v) is 5.44. The van der Waals surface area contributed by atoms with E-state index in [-0.39, 0.29) is 23.8 Å². The third-order valence-electron chi connectivity index (χ3n) is 5.44. The van der Waals surface area contributed by atoms with Crippen molar-refractivity contribution in [1.82, 2.24) is 21.3 Å². The van der Waals surface area contributed by atoms with Gasteiger partial charge in [0.2, 0.25) is 23.6 Å². The molecular weight excluding hydrogens is 406 g/mol. The minimum atomic E-state index is -1.36. The van der Waals surface area contributed by atoms with Gasteiger partial charge in [-0.1, -0.05) is 34.1 Å². The van der Waals surface area contributed by atoms with E-state index >= 15 is 0 Å². The molecule has 0 bridgehead atoms. The zero-order valence-electron chi connectivity index (χ0n) is 18.6. The predicted molar refractivity (Wildman–Crippen MR) is 113 cm³/mol. The Labute approximate surface area is 182 Å². The number of aliphatic carboxylic acids is 1. The van der Waals surface area contributed by atoms with Gasteiger partial charge in [0, 0.05) is 0 Å². The summed E-state index contributed by atoms with van der Waals surface area (Å²) in [6.45, 7) is 7.64. The molecule has 176 valence electrons. The Morgan fingerprint density at radius 1 is 1.03 bits per heavy atom. The first-order valence-electron chi connectivity index (χ1n) is 10.6. The maximum absolute atomic E-state index is 12.8. The molecule has 4 amide bonds. The van der Waals surface area contributed by atoms with E-state index in [2.05, 4.69) is 21.3 Å². The van der Waals surface area contributed by atoms with E-state index in [9.17, 15) is 29.1 Å². The maximum Gasteiger partial charge on any atom is 0.326 e. The van der Waals surface area contributed by atoms with Crippen molar-refractivity contribution in [3.63, 3.8) is 0 Å². The minimum absolute atomic E-state index is 0.297. The lowest BCUT2D eigenvalue weighted by Crippen LogP contribution is -2.59. The number of carboxylic acid groups (broad SMARTS) is 1. The molecule has 11 heteroatoms. The van der Waals surface area contributed by atoms with Gasteiger partial charge in [-0.2, -0.15) is 0 Å². The van der Waals surface area contributed by atoms with Gasteiger partial charge in [0.1, 0.15) is 18.1 Å². The standard InChI is InChI=1S/C20H35N5O6/c1-5-11(4)16(20(30)31)25-18(28)13(9-14(21)26)23-19(29)15(10(2)3)24-17(27)12-7-6-8-22-12/h10-13,15-16,22H,5-9H2,1-4H3,(H2,21,26)(H,23,29)(H,24,27)(H,25,28)(H,30,31). The van der Waals surface area contributed by atoms with Crippen LogP contribution in [0.3, 0.4) is 0 Å². The van der Waals surface area contributed by atoms with E-state index < -0.39 is 48.2 Å². The van der Waals surface area contributed by atoms with Gasteiger partial charge >= 0.3 is 5.97 Å². The van der Waals surface area contributed by atoms with Crippen LogP contribution in [0.1, 0.15) is 53.4 Å². The molecule has 0 spiro atoms. The van der Waals surface area contributed by atoms with Crippen molar-refractivity contribution >= 4 is 29.6 Å². The molecule has 5 unspecified atom stereocenters. The summed E-state index contributed by atoms with van der Waals surface area (Å²) in [6, 6.07) is -3.87. The molecule has 11 nitrogen and oxygen atoms in total. The van der Waals surface area contributed by atoms with Crippen molar-refractivity contribution in [3.05, 3.63) is 0 Å². The van der Waals surface area contributed by atoms with Crippen molar-refractivity contribution in [2.45, 2.75) is 77.5 Å². The average molecular weight is 442 g/mol. The fraction of sp³-hybridized carbons (Fsp3) is 0.750. The number of carbonyl (C=O) groups is 5. The molecular formula is C20H35N5O6. The van der Waals surface area contributed by atoms with Gasteiger partial charge in [-0.15, -0.1) is 0 Å². The van der Waals surface area contributed by atoms with Crippen LogP contribution in [0.25, 0.3) is 0 Å². The second-order valence-corrected chi connectivity index (χ2v) is 8.32. The fourth-order valence-electron chi connectivity index (χ4n) is 3.31. The number of nitrogens with two attached hydrogens (primary N) is 1. The first-order valence-corrected chi connectivity index (χ1v) is 10.6. The maximum atomic E-state index is 12.8. The summed E-state index contributed by atoms with van der Waals surface area (Å²) >= 11 is 0. The van der Waals surface area contributed by atoms with Crippen LogP contribution in [-0.4, -0.2) is 65.4 Å². The van der Waals surface area contributed by atoms with Crippen molar-refractivity contribution < 1.29 is 29.1 Å². The Morgan fingerprint density at radius 3 is 2.13 bits per heavy atom. The van der Waals surface area contributed by atoms with E-state index in [4.69, 9.17) is 5.73 Å².